The normalized spacial score (nSPS) is 13.6. The maximum absolute atomic E-state index is 5.49. The van der Waals surface area contributed by atoms with Gasteiger partial charge in [-0.2, -0.15) is 0 Å². The molecule has 0 aliphatic carbocycles. The van der Waals surface area contributed by atoms with Crippen LogP contribution in [0.3, 0.4) is 0 Å². The molecule has 0 aliphatic heterocycles. The van der Waals surface area contributed by atoms with Gasteiger partial charge in [0.15, 0.2) is 0 Å². The van der Waals surface area contributed by atoms with Crippen LogP contribution in [0.5, 0.6) is 0 Å². The Bertz CT molecular complexity index is 178. The molecule has 0 atom stereocenters. The monoisotopic (exact) mass is 216 g/mol. The number of nitrogens with one attached hydrogen (secondary N) is 1. The second-order valence-corrected chi connectivity index (χ2v) is 5.48. The van der Waals surface area contributed by atoms with Crippen molar-refractivity contribution in [3.8, 4) is 0 Å². The predicted octanol–water partition coefficient (Wildman–Crippen LogP) is 1.73. The topological polar surface area (TPSA) is 24.5 Å². The van der Waals surface area contributed by atoms with Crippen molar-refractivity contribution in [2.24, 2.45) is 0 Å². The molecule has 0 spiro atoms. The molecule has 3 heteroatoms. The number of likely N-dealkylation sites (N-methyl/N-ethyl adjacent to an activating group) is 2. The summed E-state index contributed by atoms with van der Waals surface area (Å²) in [6.07, 6.45) is 1.02. The number of hydrogen-bond acceptors (Lipinski definition) is 3. The van der Waals surface area contributed by atoms with Crippen molar-refractivity contribution < 1.29 is 4.74 Å². The van der Waals surface area contributed by atoms with Crippen molar-refractivity contribution in [1.29, 1.82) is 0 Å². The van der Waals surface area contributed by atoms with Crippen molar-refractivity contribution in [2.75, 3.05) is 34.3 Å². The number of ether oxygens (including phenoxy) is 1. The van der Waals surface area contributed by atoms with Crippen molar-refractivity contribution in [2.45, 2.75) is 45.3 Å². The van der Waals surface area contributed by atoms with Gasteiger partial charge in [-0.15, -0.1) is 0 Å². The molecule has 0 aliphatic rings. The maximum atomic E-state index is 5.49. The average molecular weight is 216 g/mol. The molecule has 3 nitrogen and oxygen atoms in total. The van der Waals surface area contributed by atoms with E-state index < -0.39 is 0 Å². The van der Waals surface area contributed by atoms with E-state index >= 15 is 0 Å². The van der Waals surface area contributed by atoms with Crippen molar-refractivity contribution >= 4 is 0 Å². The number of methoxy groups -OCH3 is 1. The third-order valence-electron chi connectivity index (χ3n) is 3.14. The van der Waals surface area contributed by atoms with E-state index in [0.29, 0.717) is 0 Å². The lowest BCUT2D eigenvalue weighted by Crippen LogP contribution is -2.48. The molecule has 0 saturated carbocycles. The highest BCUT2D eigenvalue weighted by molar-refractivity contribution is 4.87. The number of nitrogens with zero attached hydrogens (tertiary/aromatic N) is 1. The summed E-state index contributed by atoms with van der Waals surface area (Å²) in [6, 6.07) is 0. The molecule has 0 amide bonds. The minimum Gasteiger partial charge on any atom is -0.379 e. The highest BCUT2D eigenvalue weighted by Gasteiger charge is 2.31. The third kappa shape index (κ3) is 5.50. The number of hydrogen-bond donors (Lipinski definition) is 1. The minimum atomic E-state index is -0.0581. The van der Waals surface area contributed by atoms with Crippen LogP contribution in [0.15, 0.2) is 0 Å². The van der Waals surface area contributed by atoms with Crippen molar-refractivity contribution in [3.63, 3.8) is 0 Å². The highest BCUT2D eigenvalue weighted by atomic mass is 16.5. The molecule has 0 heterocycles. The van der Waals surface area contributed by atoms with E-state index in [0.717, 1.165) is 19.5 Å². The Kier molecular flexibility index (Phi) is 5.78. The first-order chi connectivity index (χ1) is 6.75. The summed E-state index contributed by atoms with van der Waals surface area (Å²) in [7, 11) is 5.94. The van der Waals surface area contributed by atoms with Gasteiger partial charge in [-0.05, 0) is 48.2 Å². The lowest BCUT2D eigenvalue weighted by molar-refractivity contribution is -0.0255. The summed E-state index contributed by atoms with van der Waals surface area (Å²) in [4.78, 5) is 2.38. The van der Waals surface area contributed by atoms with E-state index in [1.54, 1.807) is 7.11 Å². The summed E-state index contributed by atoms with van der Waals surface area (Å²) in [5, 5.41) is 3.17. The van der Waals surface area contributed by atoms with Gasteiger partial charge in [0.1, 0.15) is 0 Å². The number of rotatable bonds is 7. The first-order valence-electron chi connectivity index (χ1n) is 5.66. The standard InChI is InChI=1S/C12H28N2O/c1-11(2,10-12(3,4)15-7)14(6)9-8-13-5/h13H,8-10H2,1-7H3. The fourth-order valence-corrected chi connectivity index (χ4v) is 1.83. The van der Waals surface area contributed by atoms with E-state index in [2.05, 4.69) is 45.0 Å². The Morgan fingerprint density at radius 1 is 1.20 bits per heavy atom. The van der Waals surface area contributed by atoms with Crippen LogP contribution in [0.25, 0.3) is 0 Å². The molecule has 0 bridgehead atoms. The molecule has 92 valence electrons. The molecule has 0 aromatic heterocycles. The quantitative estimate of drug-likeness (QED) is 0.701. The first kappa shape index (κ1) is 14.9. The van der Waals surface area contributed by atoms with Crippen LogP contribution in [0, 0.1) is 0 Å². The van der Waals surface area contributed by atoms with E-state index in [4.69, 9.17) is 4.74 Å². The predicted molar refractivity (Wildman–Crippen MR) is 66.3 cm³/mol. The molecular weight excluding hydrogens is 188 g/mol. The highest BCUT2D eigenvalue weighted by Crippen LogP contribution is 2.26. The molecule has 15 heavy (non-hydrogen) atoms. The lowest BCUT2D eigenvalue weighted by Gasteiger charge is -2.41. The zero-order valence-corrected chi connectivity index (χ0v) is 11.5. The summed E-state index contributed by atoms with van der Waals surface area (Å²) in [5.41, 5.74) is 0.105. The van der Waals surface area contributed by atoms with Crippen LogP contribution in [0.2, 0.25) is 0 Å². The van der Waals surface area contributed by atoms with Gasteiger partial charge in [-0.1, -0.05) is 0 Å². The van der Waals surface area contributed by atoms with Gasteiger partial charge in [0.05, 0.1) is 5.60 Å². The largest absolute Gasteiger partial charge is 0.379 e. The van der Waals surface area contributed by atoms with Gasteiger partial charge in [0.25, 0.3) is 0 Å². The van der Waals surface area contributed by atoms with Crippen LogP contribution < -0.4 is 5.32 Å². The maximum Gasteiger partial charge on any atom is 0.0640 e. The van der Waals surface area contributed by atoms with Crippen molar-refractivity contribution in [3.05, 3.63) is 0 Å². The molecule has 0 unspecified atom stereocenters. The van der Waals surface area contributed by atoms with E-state index in [-0.39, 0.29) is 11.1 Å². The molecule has 0 rings (SSSR count). The Hall–Kier alpha value is -0.120. The van der Waals surface area contributed by atoms with Gasteiger partial charge in [0, 0.05) is 25.7 Å². The second kappa shape index (κ2) is 5.83. The Labute approximate surface area is 95.2 Å². The minimum absolute atomic E-state index is 0.0581. The van der Waals surface area contributed by atoms with Crippen LogP contribution in [-0.4, -0.2) is 50.3 Å². The molecule has 0 saturated heterocycles. The molecular formula is C12H28N2O. The smallest absolute Gasteiger partial charge is 0.0640 e. The zero-order chi connectivity index (χ0) is 12.1. The molecule has 0 radical (unpaired) electrons. The van der Waals surface area contributed by atoms with Gasteiger partial charge in [0.2, 0.25) is 0 Å². The van der Waals surface area contributed by atoms with Crippen LogP contribution in [-0.2, 0) is 4.74 Å². The second-order valence-electron chi connectivity index (χ2n) is 5.48. The van der Waals surface area contributed by atoms with Gasteiger partial charge < -0.3 is 10.1 Å². The SMILES string of the molecule is CNCCN(C)C(C)(C)CC(C)(C)OC. The van der Waals surface area contributed by atoms with Crippen molar-refractivity contribution in [1.82, 2.24) is 10.2 Å². The molecule has 0 aromatic rings. The summed E-state index contributed by atoms with van der Waals surface area (Å²) >= 11 is 0. The fraction of sp³-hybridized carbons (Fsp3) is 1.00. The Morgan fingerprint density at radius 2 is 1.73 bits per heavy atom. The van der Waals surface area contributed by atoms with E-state index in [9.17, 15) is 0 Å². The first-order valence-corrected chi connectivity index (χ1v) is 5.66. The van der Waals surface area contributed by atoms with Gasteiger partial charge in [-0.3, -0.25) is 4.90 Å². The third-order valence-corrected chi connectivity index (χ3v) is 3.14. The van der Waals surface area contributed by atoms with Crippen LogP contribution >= 0.6 is 0 Å². The molecule has 0 aromatic carbocycles. The lowest BCUT2D eigenvalue weighted by atomic mass is 9.88. The zero-order valence-electron chi connectivity index (χ0n) is 11.5. The summed E-state index contributed by atoms with van der Waals surface area (Å²) in [5.74, 6) is 0. The molecule has 0 fully saturated rings. The van der Waals surface area contributed by atoms with E-state index in [1.165, 1.54) is 0 Å². The molecule has 1 N–H and O–H groups in total. The van der Waals surface area contributed by atoms with Gasteiger partial charge >= 0.3 is 0 Å². The Morgan fingerprint density at radius 3 is 2.13 bits per heavy atom. The fourth-order valence-electron chi connectivity index (χ4n) is 1.83. The van der Waals surface area contributed by atoms with E-state index in [1.807, 2.05) is 7.05 Å². The summed E-state index contributed by atoms with van der Waals surface area (Å²) in [6.45, 7) is 10.9. The van der Waals surface area contributed by atoms with Gasteiger partial charge in [-0.25, -0.2) is 0 Å². The average Bonchev–Trinajstić information content (AvgIpc) is 2.12. The van der Waals surface area contributed by atoms with Crippen LogP contribution in [0.4, 0.5) is 0 Å². The summed E-state index contributed by atoms with van der Waals surface area (Å²) < 4.78 is 5.49. The van der Waals surface area contributed by atoms with Crippen LogP contribution in [0.1, 0.15) is 34.1 Å². The Balaban J connectivity index is 4.26.